The minimum Gasteiger partial charge on any atom is -0.277 e. The summed E-state index contributed by atoms with van der Waals surface area (Å²) < 4.78 is 0. The van der Waals surface area contributed by atoms with Crippen LogP contribution < -0.4 is 0 Å². The summed E-state index contributed by atoms with van der Waals surface area (Å²) in [7, 11) is 2.92. The van der Waals surface area contributed by atoms with Crippen LogP contribution in [0.5, 0.6) is 0 Å². The lowest BCUT2D eigenvalue weighted by molar-refractivity contribution is 0.0677. The quantitative estimate of drug-likeness (QED) is 0.652. The van der Waals surface area contributed by atoms with Crippen LogP contribution in [0.15, 0.2) is 24.3 Å². The average molecular weight is 408 g/mol. The summed E-state index contributed by atoms with van der Waals surface area (Å²) in [5.41, 5.74) is 4.70. The van der Waals surface area contributed by atoms with Gasteiger partial charge in [0.05, 0.1) is 22.3 Å². The van der Waals surface area contributed by atoms with E-state index >= 15 is 0 Å². The van der Waals surface area contributed by atoms with Crippen molar-refractivity contribution < 1.29 is 19.2 Å². The zero-order valence-corrected chi connectivity index (χ0v) is 18.8. The monoisotopic (exact) mass is 408 g/mol. The highest BCUT2D eigenvalue weighted by Crippen LogP contribution is 2.35. The Morgan fingerprint density at radius 1 is 0.467 bits per heavy atom. The standard InChI is InChI=1S/C20H16N2O4.2C2H6/c1-9-5-13-15(19(25)21(3)17(13)23)7-11(9)12-8-16-14(6-10(12)2)18(24)22(4)20(16)26;2*1-2/h5-8H,1-4H3;2*1-2H3. The molecule has 0 bridgehead atoms. The van der Waals surface area contributed by atoms with Crippen molar-refractivity contribution in [1.82, 2.24) is 9.80 Å². The smallest absolute Gasteiger partial charge is 0.261 e. The molecule has 0 N–H and O–H groups in total. The Balaban J connectivity index is 0.000000757. The second-order valence-corrected chi connectivity index (χ2v) is 6.76. The maximum Gasteiger partial charge on any atom is 0.261 e. The van der Waals surface area contributed by atoms with E-state index in [1.165, 1.54) is 14.1 Å². The van der Waals surface area contributed by atoms with Crippen LogP contribution in [0.3, 0.4) is 0 Å². The molecule has 0 aliphatic carbocycles. The third kappa shape index (κ3) is 3.32. The maximum atomic E-state index is 12.3. The number of carbonyl (C=O) groups is 4. The summed E-state index contributed by atoms with van der Waals surface area (Å²) in [6.07, 6.45) is 0. The third-order valence-corrected chi connectivity index (χ3v) is 5.16. The number of aryl methyl sites for hydroxylation is 2. The zero-order valence-electron chi connectivity index (χ0n) is 18.8. The lowest BCUT2D eigenvalue weighted by Gasteiger charge is -2.12. The van der Waals surface area contributed by atoms with Crippen LogP contribution in [-0.2, 0) is 0 Å². The number of hydrogen-bond donors (Lipinski definition) is 0. The summed E-state index contributed by atoms with van der Waals surface area (Å²) >= 11 is 0. The van der Waals surface area contributed by atoms with Crippen molar-refractivity contribution in [2.75, 3.05) is 14.1 Å². The van der Waals surface area contributed by atoms with Crippen molar-refractivity contribution in [3.63, 3.8) is 0 Å². The van der Waals surface area contributed by atoms with Gasteiger partial charge in [0.15, 0.2) is 0 Å². The van der Waals surface area contributed by atoms with E-state index in [0.29, 0.717) is 22.3 Å². The first kappa shape index (κ1) is 23.0. The second kappa shape index (κ2) is 8.61. The number of carbonyl (C=O) groups excluding carboxylic acids is 4. The molecule has 2 aliphatic heterocycles. The van der Waals surface area contributed by atoms with Crippen LogP contribution in [0.25, 0.3) is 11.1 Å². The van der Waals surface area contributed by atoms with Gasteiger partial charge in [0, 0.05) is 14.1 Å². The first-order valence-corrected chi connectivity index (χ1v) is 10.2. The Morgan fingerprint density at radius 2 is 0.700 bits per heavy atom. The summed E-state index contributed by atoms with van der Waals surface area (Å²) in [5, 5.41) is 0. The van der Waals surface area contributed by atoms with Gasteiger partial charge in [-0.25, -0.2) is 0 Å². The number of imide groups is 2. The molecule has 0 unspecified atom stereocenters. The van der Waals surface area contributed by atoms with Gasteiger partial charge in [0.25, 0.3) is 23.6 Å². The van der Waals surface area contributed by atoms with Crippen molar-refractivity contribution in [2.24, 2.45) is 0 Å². The fourth-order valence-electron chi connectivity index (χ4n) is 3.61. The molecular formula is C24H28N2O4. The van der Waals surface area contributed by atoms with Gasteiger partial charge < -0.3 is 0 Å². The van der Waals surface area contributed by atoms with Gasteiger partial charge in [0.2, 0.25) is 0 Å². The molecule has 6 nitrogen and oxygen atoms in total. The Hall–Kier alpha value is -3.28. The Labute approximate surface area is 177 Å². The third-order valence-electron chi connectivity index (χ3n) is 5.16. The van der Waals surface area contributed by atoms with Crippen LogP contribution in [0.2, 0.25) is 0 Å². The van der Waals surface area contributed by atoms with Gasteiger partial charge in [-0.2, -0.15) is 0 Å². The van der Waals surface area contributed by atoms with Crippen molar-refractivity contribution >= 4 is 23.6 Å². The molecule has 0 saturated carbocycles. The molecule has 0 spiro atoms. The van der Waals surface area contributed by atoms with E-state index in [-0.39, 0.29) is 23.6 Å². The number of benzene rings is 2. The highest BCUT2D eigenvalue weighted by atomic mass is 16.2. The fourth-order valence-corrected chi connectivity index (χ4v) is 3.61. The van der Waals surface area contributed by atoms with Crippen LogP contribution in [0.4, 0.5) is 0 Å². The molecule has 2 aromatic rings. The first-order valence-electron chi connectivity index (χ1n) is 10.2. The number of fused-ring (bicyclic) bond motifs is 2. The van der Waals surface area contributed by atoms with Crippen molar-refractivity contribution in [3.05, 3.63) is 57.6 Å². The van der Waals surface area contributed by atoms with E-state index in [1.54, 1.807) is 24.3 Å². The van der Waals surface area contributed by atoms with Gasteiger partial charge in [-0.05, 0) is 60.4 Å². The van der Waals surface area contributed by atoms with E-state index in [2.05, 4.69) is 0 Å². The van der Waals surface area contributed by atoms with E-state index in [0.717, 1.165) is 32.1 Å². The maximum absolute atomic E-state index is 12.3. The van der Waals surface area contributed by atoms with Crippen LogP contribution >= 0.6 is 0 Å². The molecule has 2 aromatic carbocycles. The summed E-state index contributed by atoms with van der Waals surface area (Å²) in [4.78, 5) is 51.1. The lowest BCUT2D eigenvalue weighted by Crippen LogP contribution is -2.24. The predicted molar refractivity (Wildman–Crippen MR) is 117 cm³/mol. The fraction of sp³-hybridized carbons (Fsp3) is 0.333. The molecule has 4 amide bonds. The van der Waals surface area contributed by atoms with Crippen LogP contribution in [-0.4, -0.2) is 47.5 Å². The van der Waals surface area contributed by atoms with Gasteiger partial charge in [-0.1, -0.05) is 27.7 Å². The largest absolute Gasteiger partial charge is 0.277 e. The van der Waals surface area contributed by atoms with E-state index < -0.39 is 0 Å². The minimum atomic E-state index is -0.337. The molecule has 4 rings (SSSR count). The number of hydrogen-bond acceptors (Lipinski definition) is 4. The van der Waals surface area contributed by atoms with Gasteiger partial charge >= 0.3 is 0 Å². The normalized spacial score (nSPS) is 14.1. The van der Waals surface area contributed by atoms with Crippen molar-refractivity contribution in [3.8, 4) is 11.1 Å². The topological polar surface area (TPSA) is 74.8 Å². The average Bonchev–Trinajstić information content (AvgIpc) is 3.10. The van der Waals surface area contributed by atoms with Crippen molar-refractivity contribution in [1.29, 1.82) is 0 Å². The second-order valence-electron chi connectivity index (χ2n) is 6.76. The molecule has 30 heavy (non-hydrogen) atoms. The Kier molecular flexibility index (Phi) is 6.60. The van der Waals surface area contributed by atoms with Crippen LogP contribution in [0, 0.1) is 13.8 Å². The molecule has 0 aromatic heterocycles. The summed E-state index contributed by atoms with van der Waals surface area (Å²) in [6, 6.07) is 6.82. The van der Waals surface area contributed by atoms with E-state index in [9.17, 15) is 19.2 Å². The SMILES string of the molecule is CC.CC.Cc1cc2c(cc1-c1cc3c(cc1C)C(=O)N(C)C3=O)C(=O)N(C)C2=O. The van der Waals surface area contributed by atoms with E-state index in [4.69, 9.17) is 0 Å². The van der Waals surface area contributed by atoms with Gasteiger partial charge in [-0.3, -0.25) is 29.0 Å². The molecule has 158 valence electrons. The lowest BCUT2D eigenvalue weighted by atomic mass is 9.90. The molecule has 6 heteroatoms. The highest BCUT2D eigenvalue weighted by molar-refractivity contribution is 6.23. The van der Waals surface area contributed by atoms with Crippen LogP contribution in [0.1, 0.15) is 80.3 Å². The molecule has 0 radical (unpaired) electrons. The Bertz CT molecular complexity index is 984. The first-order chi connectivity index (χ1) is 14.2. The molecule has 2 heterocycles. The molecule has 0 fully saturated rings. The molecule has 0 saturated heterocycles. The minimum absolute atomic E-state index is 0.312. The molecule has 2 aliphatic rings. The molecule has 0 atom stereocenters. The zero-order chi connectivity index (χ0) is 22.9. The van der Waals surface area contributed by atoms with Crippen molar-refractivity contribution in [2.45, 2.75) is 41.5 Å². The Morgan fingerprint density at radius 3 is 0.967 bits per heavy atom. The summed E-state index contributed by atoms with van der Waals surface area (Å²) in [5.74, 6) is -1.30. The highest BCUT2D eigenvalue weighted by Gasteiger charge is 2.35. The number of nitrogens with zero attached hydrogens (tertiary/aromatic N) is 2. The van der Waals surface area contributed by atoms with E-state index in [1.807, 2.05) is 41.5 Å². The molecular weight excluding hydrogens is 380 g/mol. The predicted octanol–water partition coefficient (Wildman–Crippen LogP) is 4.47. The number of amides is 4. The van der Waals surface area contributed by atoms with Gasteiger partial charge in [0.1, 0.15) is 0 Å². The number of rotatable bonds is 1. The summed E-state index contributed by atoms with van der Waals surface area (Å²) in [6.45, 7) is 11.7. The van der Waals surface area contributed by atoms with Gasteiger partial charge in [-0.15, -0.1) is 0 Å².